The maximum Gasteiger partial charge on any atom is 0.255 e. The van der Waals surface area contributed by atoms with Crippen LogP contribution >= 0.6 is 0 Å². The maximum absolute atomic E-state index is 12.5. The molecule has 5 heteroatoms. The van der Waals surface area contributed by atoms with Crippen LogP contribution in [0, 0.1) is 11.3 Å². The molecular formula is C18H18N2O3. The number of nitrogens with one attached hydrogen (secondary N) is 1. The number of carbonyl (C=O) groups is 1. The van der Waals surface area contributed by atoms with Crippen molar-refractivity contribution >= 4 is 5.91 Å². The second-order valence-electron chi connectivity index (χ2n) is 5.00. The fourth-order valence-corrected chi connectivity index (χ4v) is 2.20. The minimum atomic E-state index is -0.252. The normalized spacial score (nSPS) is 11.2. The summed E-state index contributed by atoms with van der Waals surface area (Å²) in [6.45, 7) is 1.88. The summed E-state index contributed by atoms with van der Waals surface area (Å²) in [5, 5.41) is 11.7. The molecule has 0 saturated carbocycles. The van der Waals surface area contributed by atoms with Crippen LogP contribution in [0.25, 0.3) is 0 Å². The van der Waals surface area contributed by atoms with Crippen LogP contribution in [0.1, 0.15) is 34.5 Å². The van der Waals surface area contributed by atoms with E-state index in [0.29, 0.717) is 22.6 Å². The molecule has 0 aliphatic heterocycles. The van der Waals surface area contributed by atoms with Gasteiger partial charge < -0.3 is 14.8 Å². The molecule has 2 rings (SSSR count). The Balaban J connectivity index is 2.19. The Kier molecular flexibility index (Phi) is 5.21. The smallest absolute Gasteiger partial charge is 0.255 e. The van der Waals surface area contributed by atoms with Crippen molar-refractivity contribution in [3.63, 3.8) is 0 Å². The number of nitrogens with zero attached hydrogens (tertiary/aromatic N) is 1. The van der Waals surface area contributed by atoms with Gasteiger partial charge in [-0.2, -0.15) is 5.26 Å². The van der Waals surface area contributed by atoms with E-state index in [0.717, 1.165) is 5.56 Å². The summed E-state index contributed by atoms with van der Waals surface area (Å²) in [5.41, 5.74) is 1.91. The maximum atomic E-state index is 12.5. The third-order valence-corrected chi connectivity index (χ3v) is 3.54. The number of nitriles is 1. The Morgan fingerprint density at radius 1 is 1.13 bits per heavy atom. The average molecular weight is 310 g/mol. The molecular weight excluding hydrogens is 292 g/mol. The lowest BCUT2D eigenvalue weighted by atomic mass is 10.1. The van der Waals surface area contributed by atoms with Gasteiger partial charge in [0, 0.05) is 0 Å². The highest BCUT2D eigenvalue weighted by Gasteiger charge is 2.16. The third-order valence-electron chi connectivity index (χ3n) is 3.54. The van der Waals surface area contributed by atoms with Gasteiger partial charge in [-0.1, -0.05) is 12.1 Å². The lowest BCUT2D eigenvalue weighted by Crippen LogP contribution is -2.27. The Bertz CT molecular complexity index is 733. The minimum absolute atomic E-state index is 0.203. The van der Waals surface area contributed by atoms with E-state index in [-0.39, 0.29) is 11.9 Å². The lowest BCUT2D eigenvalue weighted by molar-refractivity contribution is 0.0936. The molecule has 0 saturated heterocycles. The van der Waals surface area contributed by atoms with Crippen LogP contribution in [0.3, 0.4) is 0 Å². The van der Waals surface area contributed by atoms with Gasteiger partial charge >= 0.3 is 0 Å². The largest absolute Gasteiger partial charge is 0.497 e. The molecule has 2 aromatic rings. The quantitative estimate of drug-likeness (QED) is 0.921. The fourth-order valence-electron chi connectivity index (χ4n) is 2.20. The first-order valence-electron chi connectivity index (χ1n) is 7.12. The SMILES string of the molecule is COc1ccc(OC)c(C(=O)NC(C)c2ccc(C#N)cc2)c1. The minimum Gasteiger partial charge on any atom is -0.497 e. The first kappa shape index (κ1) is 16.4. The van der Waals surface area contributed by atoms with Crippen LogP contribution in [-0.2, 0) is 0 Å². The van der Waals surface area contributed by atoms with Crippen molar-refractivity contribution in [2.24, 2.45) is 0 Å². The van der Waals surface area contributed by atoms with E-state index in [2.05, 4.69) is 11.4 Å². The molecule has 0 fully saturated rings. The van der Waals surface area contributed by atoms with Crippen molar-refractivity contribution in [2.75, 3.05) is 14.2 Å². The van der Waals surface area contributed by atoms with Gasteiger partial charge in [0.2, 0.25) is 0 Å². The van der Waals surface area contributed by atoms with Crippen LogP contribution in [0.5, 0.6) is 11.5 Å². The molecule has 1 amide bonds. The molecule has 0 heterocycles. The number of hydrogen-bond acceptors (Lipinski definition) is 4. The van der Waals surface area contributed by atoms with Gasteiger partial charge in [0.05, 0.1) is 37.5 Å². The molecule has 0 radical (unpaired) electrons. The molecule has 118 valence electrons. The van der Waals surface area contributed by atoms with Crippen molar-refractivity contribution in [3.8, 4) is 17.6 Å². The van der Waals surface area contributed by atoms with Gasteiger partial charge in [0.15, 0.2) is 0 Å². The molecule has 0 aliphatic rings. The van der Waals surface area contributed by atoms with E-state index in [9.17, 15) is 4.79 Å². The number of rotatable bonds is 5. The summed E-state index contributed by atoms with van der Waals surface area (Å²) in [4.78, 5) is 12.5. The highest BCUT2D eigenvalue weighted by Crippen LogP contribution is 2.24. The fraction of sp³-hybridized carbons (Fsp3) is 0.222. The predicted octanol–water partition coefficient (Wildman–Crippen LogP) is 3.07. The zero-order chi connectivity index (χ0) is 16.8. The van der Waals surface area contributed by atoms with Gasteiger partial charge in [-0.3, -0.25) is 4.79 Å². The van der Waals surface area contributed by atoms with Crippen molar-refractivity contribution in [1.29, 1.82) is 5.26 Å². The molecule has 23 heavy (non-hydrogen) atoms. The summed E-state index contributed by atoms with van der Waals surface area (Å²) in [5.74, 6) is 0.815. The number of methoxy groups -OCH3 is 2. The van der Waals surface area contributed by atoms with E-state index in [1.165, 1.54) is 7.11 Å². The highest BCUT2D eigenvalue weighted by molar-refractivity contribution is 5.97. The van der Waals surface area contributed by atoms with E-state index in [1.54, 1.807) is 37.4 Å². The van der Waals surface area contributed by atoms with Crippen molar-refractivity contribution in [1.82, 2.24) is 5.32 Å². The molecule has 1 atom stereocenters. The number of carbonyl (C=O) groups excluding carboxylic acids is 1. The molecule has 1 N–H and O–H groups in total. The Labute approximate surface area is 135 Å². The van der Waals surface area contributed by atoms with Gasteiger partial charge in [0.25, 0.3) is 5.91 Å². The molecule has 0 bridgehead atoms. The first-order valence-corrected chi connectivity index (χ1v) is 7.12. The zero-order valence-electron chi connectivity index (χ0n) is 13.3. The van der Waals surface area contributed by atoms with Crippen LogP contribution in [0.2, 0.25) is 0 Å². The number of amides is 1. The molecule has 0 spiro atoms. The number of ether oxygens (including phenoxy) is 2. The lowest BCUT2D eigenvalue weighted by Gasteiger charge is -2.16. The number of hydrogen-bond donors (Lipinski definition) is 1. The van der Waals surface area contributed by atoms with Crippen LogP contribution in [0.4, 0.5) is 0 Å². The Hall–Kier alpha value is -3.00. The van der Waals surface area contributed by atoms with Crippen molar-refractivity contribution in [3.05, 3.63) is 59.2 Å². The van der Waals surface area contributed by atoms with Gasteiger partial charge in [-0.15, -0.1) is 0 Å². The Morgan fingerprint density at radius 3 is 2.39 bits per heavy atom. The molecule has 0 aliphatic carbocycles. The van der Waals surface area contributed by atoms with E-state index < -0.39 is 0 Å². The molecule has 1 unspecified atom stereocenters. The third kappa shape index (κ3) is 3.80. The van der Waals surface area contributed by atoms with E-state index >= 15 is 0 Å². The molecule has 5 nitrogen and oxygen atoms in total. The summed E-state index contributed by atoms with van der Waals surface area (Å²) in [7, 11) is 3.06. The van der Waals surface area contributed by atoms with E-state index in [1.807, 2.05) is 19.1 Å². The van der Waals surface area contributed by atoms with Gasteiger partial charge in [-0.05, 0) is 42.8 Å². The summed E-state index contributed by atoms with van der Waals surface area (Å²) < 4.78 is 10.4. The highest BCUT2D eigenvalue weighted by atomic mass is 16.5. The Morgan fingerprint density at radius 2 is 1.83 bits per heavy atom. The zero-order valence-corrected chi connectivity index (χ0v) is 13.3. The monoisotopic (exact) mass is 310 g/mol. The van der Waals surface area contributed by atoms with Crippen molar-refractivity contribution < 1.29 is 14.3 Å². The average Bonchev–Trinajstić information content (AvgIpc) is 2.61. The second-order valence-corrected chi connectivity index (χ2v) is 5.00. The number of benzene rings is 2. The summed E-state index contributed by atoms with van der Waals surface area (Å²) in [6.07, 6.45) is 0. The molecule has 2 aromatic carbocycles. The standard InChI is InChI=1S/C18H18N2O3/c1-12(14-6-4-13(11-19)5-7-14)20-18(21)16-10-15(22-2)8-9-17(16)23-3/h4-10,12H,1-3H3,(H,20,21). The predicted molar refractivity (Wildman–Crippen MR) is 86.6 cm³/mol. The van der Waals surface area contributed by atoms with Gasteiger partial charge in [0.1, 0.15) is 11.5 Å². The van der Waals surface area contributed by atoms with Crippen LogP contribution in [-0.4, -0.2) is 20.1 Å². The van der Waals surface area contributed by atoms with E-state index in [4.69, 9.17) is 14.7 Å². The first-order chi connectivity index (χ1) is 11.1. The molecule has 0 aromatic heterocycles. The van der Waals surface area contributed by atoms with Crippen LogP contribution < -0.4 is 14.8 Å². The van der Waals surface area contributed by atoms with Crippen molar-refractivity contribution in [2.45, 2.75) is 13.0 Å². The second kappa shape index (κ2) is 7.32. The van der Waals surface area contributed by atoms with Crippen LogP contribution in [0.15, 0.2) is 42.5 Å². The topological polar surface area (TPSA) is 71.3 Å². The summed E-state index contributed by atoms with van der Waals surface area (Å²) >= 11 is 0. The summed E-state index contributed by atoms with van der Waals surface area (Å²) in [6, 6.07) is 14.0. The van der Waals surface area contributed by atoms with Gasteiger partial charge in [-0.25, -0.2) is 0 Å².